The lowest BCUT2D eigenvalue weighted by atomic mass is 9.84. The highest BCUT2D eigenvalue weighted by atomic mass is 35.5. The van der Waals surface area contributed by atoms with Crippen molar-refractivity contribution < 1.29 is 0 Å². The Morgan fingerprint density at radius 2 is 0.875 bits per heavy atom. The van der Waals surface area contributed by atoms with Crippen molar-refractivity contribution in [1.82, 2.24) is 0 Å². The third kappa shape index (κ3) is 3.32. The number of rotatable bonds is 5. The van der Waals surface area contributed by atoms with Gasteiger partial charge in [-0.2, -0.15) is 0 Å². The zero-order chi connectivity index (χ0) is 17.0. The summed E-state index contributed by atoms with van der Waals surface area (Å²) >= 11 is 20.9. The van der Waals surface area contributed by atoms with E-state index < -0.39 is 15.6 Å². The maximum Gasteiger partial charge on any atom is 0.110 e. The minimum Gasteiger partial charge on any atom is -0.115 e. The number of hydrogen-bond donors (Lipinski definition) is 0. The fourth-order valence-corrected chi connectivity index (χ4v) is 4.08. The van der Waals surface area contributed by atoms with Crippen LogP contribution < -0.4 is 0 Å². The minimum atomic E-state index is -0.979. The van der Waals surface area contributed by atoms with E-state index in [1.54, 1.807) is 0 Å². The standard InChI is InChI=1S/C21H17Cl3/c22-19(16-10-4-1-5-11-16)21(24,18-14-8-3-9-15-18)20(23)17-12-6-2-7-13-17/h1-15,19-20H. The molecular weight excluding hydrogens is 359 g/mol. The lowest BCUT2D eigenvalue weighted by Crippen LogP contribution is -2.30. The summed E-state index contributed by atoms with van der Waals surface area (Å²) in [5.41, 5.74) is 2.79. The van der Waals surface area contributed by atoms with Crippen LogP contribution in [0.3, 0.4) is 0 Å². The van der Waals surface area contributed by atoms with Crippen LogP contribution in [0.2, 0.25) is 0 Å². The van der Waals surface area contributed by atoms with Gasteiger partial charge in [-0.3, -0.25) is 0 Å². The van der Waals surface area contributed by atoms with Gasteiger partial charge >= 0.3 is 0 Å². The predicted molar refractivity (Wildman–Crippen MR) is 104 cm³/mol. The van der Waals surface area contributed by atoms with Gasteiger partial charge in [-0.15, -0.1) is 34.8 Å². The molecule has 0 nitrogen and oxygen atoms in total. The molecule has 0 radical (unpaired) electrons. The Hall–Kier alpha value is -1.47. The predicted octanol–water partition coefficient (Wildman–Crippen LogP) is 7.08. The van der Waals surface area contributed by atoms with Crippen LogP contribution >= 0.6 is 34.8 Å². The van der Waals surface area contributed by atoms with Crippen molar-refractivity contribution in [2.45, 2.75) is 15.6 Å². The topological polar surface area (TPSA) is 0 Å². The third-order valence-corrected chi connectivity index (χ3v) is 6.21. The van der Waals surface area contributed by atoms with Gasteiger partial charge in [-0.25, -0.2) is 0 Å². The van der Waals surface area contributed by atoms with E-state index in [2.05, 4.69) is 0 Å². The van der Waals surface area contributed by atoms with Crippen molar-refractivity contribution in [3.05, 3.63) is 108 Å². The second-order valence-corrected chi connectivity index (χ2v) is 7.18. The molecule has 3 aromatic rings. The molecule has 0 N–H and O–H groups in total. The second kappa shape index (κ2) is 7.61. The summed E-state index contributed by atoms with van der Waals surface area (Å²) in [6.07, 6.45) is 0. The molecule has 0 fully saturated rings. The van der Waals surface area contributed by atoms with E-state index in [0.29, 0.717) is 0 Å². The van der Waals surface area contributed by atoms with Crippen LogP contribution in [0.15, 0.2) is 91.0 Å². The summed E-state index contributed by atoms with van der Waals surface area (Å²) in [4.78, 5) is -0.979. The van der Waals surface area contributed by atoms with E-state index in [1.807, 2.05) is 91.0 Å². The second-order valence-electron chi connectivity index (χ2n) is 5.68. The Morgan fingerprint density at radius 1 is 0.542 bits per heavy atom. The van der Waals surface area contributed by atoms with E-state index in [0.717, 1.165) is 16.7 Å². The van der Waals surface area contributed by atoms with Crippen LogP contribution in [-0.2, 0) is 4.87 Å². The molecule has 0 aliphatic heterocycles. The first kappa shape index (κ1) is 17.4. The van der Waals surface area contributed by atoms with Crippen molar-refractivity contribution in [2.75, 3.05) is 0 Å². The Labute approximate surface area is 158 Å². The lowest BCUT2D eigenvalue weighted by molar-refractivity contribution is 0.563. The molecule has 24 heavy (non-hydrogen) atoms. The van der Waals surface area contributed by atoms with Gasteiger partial charge in [0.25, 0.3) is 0 Å². The lowest BCUT2D eigenvalue weighted by Gasteiger charge is -2.37. The molecule has 0 aliphatic rings. The summed E-state index contributed by atoms with van der Waals surface area (Å²) in [5.74, 6) is 0. The molecule has 0 spiro atoms. The SMILES string of the molecule is ClC(c1ccccc1)C(Cl)(c1ccccc1)C(Cl)c1ccccc1. The van der Waals surface area contributed by atoms with Gasteiger partial charge < -0.3 is 0 Å². The van der Waals surface area contributed by atoms with Gasteiger partial charge in [0.15, 0.2) is 0 Å². The van der Waals surface area contributed by atoms with Crippen molar-refractivity contribution in [3.63, 3.8) is 0 Å². The normalized spacial score (nSPS) is 16.1. The zero-order valence-electron chi connectivity index (χ0n) is 12.9. The Balaban J connectivity index is 2.11. The number of hydrogen-bond acceptors (Lipinski definition) is 0. The summed E-state index contributed by atoms with van der Waals surface area (Å²) in [7, 11) is 0. The fourth-order valence-electron chi connectivity index (χ4n) is 2.84. The Kier molecular flexibility index (Phi) is 5.50. The van der Waals surface area contributed by atoms with Crippen LogP contribution in [0, 0.1) is 0 Å². The van der Waals surface area contributed by atoms with Crippen molar-refractivity contribution in [1.29, 1.82) is 0 Å². The van der Waals surface area contributed by atoms with Crippen molar-refractivity contribution >= 4 is 34.8 Å². The fraction of sp³-hybridized carbons (Fsp3) is 0.143. The molecule has 3 heteroatoms. The van der Waals surface area contributed by atoms with Gasteiger partial charge in [0.05, 0.1) is 10.8 Å². The molecule has 122 valence electrons. The van der Waals surface area contributed by atoms with Crippen LogP contribution in [0.1, 0.15) is 27.4 Å². The first-order chi connectivity index (χ1) is 11.6. The van der Waals surface area contributed by atoms with Gasteiger partial charge in [0.2, 0.25) is 0 Å². The molecule has 0 aromatic heterocycles. The minimum absolute atomic E-state index is 0.481. The molecule has 0 bridgehead atoms. The summed E-state index contributed by atoms with van der Waals surface area (Å²) < 4.78 is 0. The average molecular weight is 376 g/mol. The molecule has 0 amide bonds. The van der Waals surface area contributed by atoms with Gasteiger partial charge in [-0.05, 0) is 16.7 Å². The molecule has 3 rings (SSSR count). The molecule has 0 heterocycles. The highest BCUT2D eigenvalue weighted by molar-refractivity contribution is 6.37. The van der Waals surface area contributed by atoms with Gasteiger partial charge in [0, 0.05) is 0 Å². The monoisotopic (exact) mass is 374 g/mol. The largest absolute Gasteiger partial charge is 0.115 e. The summed E-state index contributed by atoms with van der Waals surface area (Å²) in [6, 6.07) is 29.5. The van der Waals surface area contributed by atoms with E-state index in [4.69, 9.17) is 34.8 Å². The first-order valence-corrected chi connectivity index (χ1v) is 9.01. The molecule has 2 unspecified atom stereocenters. The molecule has 3 aromatic carbocycles. The maximum absolute atomic E-state index is 7.17. The van der Waals surface area contributed by atoms with Crippen LogP contribution in [-0.4, -0.2) is 0 Å². The van der Waals surface area contributed by atoms with Crippen LogP contribution in [0.5, 0.6) is 0 Å². The van der Waals surface area contributed by atoms with Gasteiger partial charge in [-0.1, -0.05) is 91.0 Å². The van der Waals surface area contributed by atoms with E-state index in [1.165, 1.54) is 0 Å². The van der Waals surface area contributed by atoms with Crippen LogP contribution in [0.4, 0.5) is 0 Å². The van der Waals surface area contributed by atoms with E-state index >= 15 is 0 Å². The quantitative estimate of drug-likeness (QED) is 0.418. The highest BCUT2D eigenvalue weighted by Crippen LogP contribution is 2.55. The first-order valence-electron chi connectivity index (χ1n) is 7.76. The average Bonchev–Trinajstić information content (AvgIpc) is 2.68. The number of alkyl halides is 3. The Morgan fingerprint density at radius 3 is 1.25 bits per heavy atom. The summed E-state index contributed by atoms with van der Waals surface area (Å²) in [6.45, 7) is 0. The van der Waals surface area contributed by atoms with E-state index in [9.17, 15) is 0 Å². The van der Waals surface area contributed by atoms with E-state index in [-0.39, 0.29) is 0 Å². The molecule has 0 saturated carbocycles. The van der Waals surface area contributed by atoms with Crippen molar-refractivity contribution in [2.24, 2.45) is 0 Å². The molecular formula is C21H17Cl3. The molecule has 0 aliphatic carbocycles. The molecule has 2 atom stereocenters. The maximum atomic E-state index is 7.17. The molecule has 0 saturated heterocycles. The van der Waals surface area contributed by atoms with Gasteiger partial charge in [0.1, 0.15) is 4.87 Å². The third-order valence-electron chi connectivity index (χ3n) is 4.14. The summed E-state index contributed by atoms with van der Waals surface area (Å²) in [5, 5.41) is -0.962. The van der Waals surface area contributed by atoms with Crippen molar-refractivity contribution in [3.8, 4) is 0 Å². The zero-order valence-corrected chi connectivity index (χ0v) is 15.2. The highest BCUT2D eigenvalue weighted by Gasteiger charge is 2.45. The van der Waals surface area contributed by atoms with Crippen LogP contribution in [0.25, 0.3) is 0 Å². The smallest absolute Gasteiger partial charge is 0.110 e. The Bertz CT molecular complexity index is 711. The number of benzene rings is 3. The number of halogens is 3.